The van der Waals surface area contributed by atoms with Crippen LogP contribution < -0.4 is 4.74 Å². The molecule has 0 aromatic heterocycles. The van der Waals surface area contributed by atoms with Crippen LogP contribution in [0.5, 0.6) is 5.75 Å². The molecule has 0 spiro atoms. The monoisotopic (exact) mass is 428 g/mol. The van der Waals surface area contributed by atoms with E-state index in [9.17, 15) is 22.8 Å². The minimum absolute atomic E-state index is 0.124. The van der Waals surface area contributed by atoms with E-state index < -0.39 is 17.8 Å². The summed E-state index contributed by atoms with van der Waals surface area (Å²) in [5.41, 5.74) is -2.46. The Labute approximate surface area is 173 Å². The molecule has 166 valence electrons. The molecule has 0 radical (unpaired) electrons. The number of nitrogens with zero attached hydrogens (tertiary/aromatic N) is 2. The van der Waals surface area contributed by atoms with Crippen molar-refractivity contribution in [3.05, 3.63) is 29.3 Å². The van der Waals surface area contributed by atoms with Crippen LogP contribution in [0.4, 0.5) is 13.2 Å². The molecule has 0 unspecified atom stereocenters. The normalized spacial score (nSPS) is 14.5. The number of carbonyl (C=O) groups excluding carboxylic acids is 1. The molecule has 0 fully saturated rings. The van der Waals surface area contributed by atoms with Gasteiger partial charge in [-0.25, -0.2) is 0 Å². The zero-order valence-corrected chi connectivity index (χ0v) is 17.0. The Morgan fingerprint density at radius 2 is 1.57 bits per heavy atom. The van der Waals surface area contributed by atoms with Crippen LogP contribution in [0.1, 0.15) is 80.6 Å². The summed E-state index contributed by atoms with van der Waals surface area (Å²) in [6.07, 6.45) is 2.92. The largest absolute Gasteiger partial charge is 0.493 e. The first kappa shape index (κ1) is 23.8. The number of benzene rings is 1. The minimum Gasteiger partial charge on any atom is -0.493 e. The molecule has 1 N–H and O–H groups in total. The minimum atomic E-state index is -4.63. The maximum Gasteiger partial charge on any atom is 0.442 e. The summed E-state index contributed by atoms with van der Waals surface area (Å²) in [7, 11) is 0. The van der Waals surface area contributed by atoms with Crippen molar-refractivity contribution >= 4 is 11.8 Å². The quantitative estimate of drug-likeness (QED) is 0.289. The molecule has 0 aliphatic carbocycles. The van der Waals surface area contributed by atoms with Gasteiger partial charge in [0.1, 0.15) is 5.75 Å². The van der Waals surface area contributed by atoms with E-state index in [0.717, 1.165) is 44.9 Å². The molecular weight excluding hydrogens is 401 g/mol. The second kappa shape index (κ2) is 10.5. The Kier molecular flexibility index (Phi) is 8.37. The summed E-state index contributed by atoms with van der Waals surface area (Å²) in [5.74, 6) is -0.924. The van der Waals surface area contributed by atoms with Gasteiger partial charge in [-0.15, -0.1) is 10.2 Å². The Hall–Kier alpha value is -2.45. The fourth-order valence-corrected chi connectivity index (χ4v) is 3.21. The summed E-state index contributed by atoms with van der Waals surface area (Å²) in [5, 5.41) is 14.9. The fourth-order valence-electron chi connectivity index (χ4n) is 3.21. The van der Waals surface area contributed by atoms with Crippen LogP contribution >= 0.6 is 0 Å². The zero-order chi connectivity index (χ0) is 22.2. The van der Waals surface area contributed by atoms with Gasteiger partial charge in [0, 0.05) is 12.0 Å². The van der Waals surface area contributed by atoms with E-state index in [1.54, 1.807) is 0 Å². The van der Waals surface area contributed by atoms with Gasteiger partial charge in [0.05, 0.1) is 12.2 Å². The Bertz CT molecular complexity index is 772. The highest BCUT2D eigenvalue weighted by molar-refractivity contribution is 5.96. The Balaban J connectivity index is 1.75. The average molecular weight is 428 g/mol. The van der Waals surface area contributed by atoms with Gasteiger partial charge in [-0.2, -0.15) is 13.2 Å². The number of halogens is 3. The number of rotatable bonds is 14. The predicted molar refractivity (Wildman–Crippen MR) is 104 cm³/mol. The predicted octanol–water partition coefficient (Wildman–Crippen LogP) is 6.04. The number of Topliss-reactive ketones (excluding diaryl/α,β-unsaturated/α-hetero) is 1. The van der Waals surface area contributed by atoms with Gasteiger partial charge >= 0.3 is 17.8 Å². The van der Waals surface area contributed by atoms with Crippen molar-refractivity contribution in [1.29, 1.82) is 0 Å². The highest BCUT2D eigenvalue weighted by Crippen LogP contribution is 2.53. The van der Waals surface area contributed by atoms with Crippen LogP contribution in [-0.2, 0) is 10.5 Å². The van der Waals surface area contributed by atoms with E-state index in [2.05, 4.69) is 10.2 Å². The number of unbranched alkanes of at least 4 members (excludes halogenated alkanes) is 7. The molecular formula is C21H27F3N2O4. The fraction of sp³-hybridized carbons (Fsp3) is 0.619. The SMILES string of the molecule is CC(=O)c1ccc(C2(C(F)(F)F)N=N2)cc1OCCCCCCCCCCC(=O)O. The molecule has 0 atom stereocenters. The molecule has 0 amide bonds. The maximum absolute atomic E-state index is 13.2. The van der Waals surface area contributed by atoms with Gasteiger partial charge < -0.3 is 9.84 Å². The summed E-state index contributed by atoms with van der Waals surface area (Å²) in [4.78, 5) is 22.2. The van der Waals surface area contributed by atoms with Gasteiger partial charge in [0.15, 0.2) is 5.78 Å². The molecule has 1 heterocycles. The standard InChI is InChI=1S/C21H27F3N2O4/c1-15(27)17-12-11-16(20(25-26-20)21(22,23)24)14-18(17)30-13-9-7-5-3-2-4-6-8-10-19(28)29/h11-12,14H,2-10,13H2,1H3,(H,28,29). The van der Waals surface area contributed by atoms with Gasteiger partial charge in [0.25, 0.3) is 0 Å². The number of hydrogen-bond acceptors (Lipinski definition) is 5. The third kappa shape index (κ3) is 6.53. The number of aliphatic carboxylic acids is 1. The van der Waals surface area contributed by atoms with Crippen LogP contribution in [0.3, 0.4) is 0 Å². The first-order chi connectivity index (χ1) is 14.2. The first-order valence-electron chi connectivity index (χ1n) is 10.2. The van der Waals surface area contributed by atoms with Crippen molar-refractivity contribution < 1.29 is 32.6 Å². The lowest BCUT2D eigenvalue weighted by Crippen LogP contribution is -2.30. The molecule has 6 nitrogen and oxygen atoms in total. The third-order valence-corrected chi connectivity index (χ3v) is 5.00. The van der Waals surface area contributed by atoms with Crippen LogP contribution in [-0.4, -0.2) is 29.6 Å². The van der Waals surface area contributed by atoms with Crippen molar-refractivity contribution in [2.24, 2.45) is 10.2 Å². The van der Waals surface area contributed by atoms with Gasteiger partial charge in [0.2, 0.25) is 0 Å². The topological polar surface area (TPSA) is 88.3 Å². The number of hydrogen-bond donors (Lipinski definition) is 1. The first-order valence-corrected chi connectivity index (χ1v) is 10.2. The molecule has 1 aliphatic heterocycles. The lowest BCUT2D eigenvalue weighted by Gasteiger charge is -2.17. The number of alkyl halides is 3. The van der Waals surface area contributed by atoms with Crippen molar-refractivity contribution in [2.75, 3.05) is 6.61 Å². The molecule has 2 rings (SSSR count). The molecule has 30 heavy (non-hydrogen) atoms. The number of carboxylic acids is 1. The van der Waals surface area contributed by atoms with E-state index in [0.29, 0.717) is 13.0 Å². The molecule has 9 heteroatoms. The van der Waals surface area contributed by atoms with Crippen molar-refractivity contribution in [3.63, 3.8) is 0 Å². The van der Waals surface area contributed by atoms with Gasteiger partial charge in [-0.3, -0.25) is 9.59 Å². The highest BCUT2D eigenvalue weighted by Gasteiger charge is 2.65. The molecule has 1 aromatic carbocycles. The van der Waals surface area contributed by atoms with E-state index >= 15 is 0 Å². The molecule has 1 aromatic rings. The number of ether oxygens (including phenoxy) is 1. The average Bonchev–Trinajstić information content (AvgIpc) is 3.47. The lowest BCUT2D eigenvalue weighted by molar-refractivity contribution is -0.166. The summed E-state index contributed by atoms with van der Waals surface area (Å²) < 4.78 is 45.3. The van der Waals surface area contributed by atoms with Crippen molar-refractivity contribution in [3.8, 4) is 5.75 Å². The number of ketones is 1. The van der Waals surface area contributed by atoms with Crippen molar-refractivity contribution in [1.82, 2.24) is 0 Å². The second-order valence-electron chi connectivity index (χ2n) is 7.46. The van der Waals surface area contributed by atoms with Crippen LogP contribution in [0.25, 0.3) is 0 Å². The Morgan fingerprint density at radius 3 is 2.07 bits per heavy atom. The number of carboxylic acid groups (broad SMARTS) is 1. The van der Waals surface area contributed by atoms with Gasteiger partial charge in [-0.05, 0) is 31.9 Å². The molecule has 0 saturated heterocycles. The summed E-state index contributed by atoms with van der Waals surface area (Å²) in [6.45, 7) is 1.64. The lowest BCUT2D eigenvalue weighted by atomic mass is 9.99. The summed E-state index contributed by atoms with van der Waals surface area (Å²) >= 11 is 0. The zero-order valence-electron chi connectivity index (χ0n) is 17.0. The van der Waals surface area contributed by atoms with E-state index in [1.807, 2.05) is 0 Å². The third-order valence-electron chi connectivity index (χ3n) is 5.00. The van der Waals surface area contributed by atoms with Gasteiger partial charge in [-0.1, -0.05) is 44.6 Å². The Morgan fingerprint density at radius 1 is 1.00 bits per heavy atom. The smallest absolute Gasteiger partial charge is 0.442 e. The maximum atomic E-state index is 13.2. The highest BCUT2D eigenvalue weighted by atomic mass is 19.4. The van der Waals surface area contributed by atoms with E-state index in [1.165, 1.54) is 25.1 Å². The molecule has 0 bridgehead atoms. The van der Waals surface area contributed by atoms with Crippen LogP contribution in [0.2, 0.25) is 0 Å². The molecule has 1 aliphatic rings. The van der Waals surface area contributed by atoms with E-state index in [-0.39, 0.29) is 29.1 Å². The summed E-state index contributed by atoms with van der Waals surface area (Å²) in [6, 6.07) is 3.75. The number of carbonyl (C=O) groups is 2. The molecule has 0 saturated carbocycles. The van der Waals surface area contributed by atoms with Crippen LogP contribution in [0, 0.1) is 0 Å². The van der Waals surface area contributed by atoms with E-state index in [4.69, 9.17) is 9.84 Å². The second-order valence-corrected chi connectivity index (χ2v) is 7.46. The van der Waals surface area contributed by atoms with Crippen molar-refractivity contribution in [2.45, 2.75) is 76.6 Å². The van der Waals surface area contributed by atoms with Crippen LogP contribution in [0.15, 0.2) is 28.4 Å².